The van der Waals surface area contributed by atoms with Gasteiger partial charge < -0.3 is 5.32 Å². The summed E-state index contributed by atoms with van der Waals surface area (Å²) < 4.78 is 1.55. The van der Waals surface area contributed by atoms with E-state index in [1.54, 1.807) is 29.3 Å². The van der Waals surface area contributed by atoms with E-state index in [1.807, 2.05) is 24.3 Å². The molecule has 1 N–H and O–H groups in total. The van der Waals surface area contributed by atoms with E-state index < -0.39 is 0 Å². The van der Waals surface area contributed by atoms with Gasteiger partial charge in [0.25, 0.3) is 5.91 Å². The van der Waals surface area contributed by atoms with Crippen LogP contribution in [-0.4, -0.2) is 25.7 Å². The number of hydrogen-bond acceptors (Lipinski definition) is 4. The Labute approximate surface area is 156 Å². The number of rotatable bonds is 5. The van der Waals surface area contributed by atoms with Crippen molar-refractivity contribution >= 4 is 17.5 Å². The predicted molar refractivity (Wildman–Crippen MR) is 98.1 cm³/mol. The minimum Gasteiger partial charge on any atom is -0.345 e. The number of benzene rings is 1. The SMILES string of the molecule is C[C@@H]1C[C@H]1[C@H](NC(=O)c1ccc(-n2cncn2)nc1)c1ccc(Cl)cc1. The van der Waals surface area contributed by atoms with Crippen molar-refractivity contribution in [3.05, 3.63) is 71.4 Å². The lowest BCUT2D eigenvalue weighted by atomic mass is 10.0. The van der Waals surface area contributed by atoms with E-state index in [-0.39, 0.29) is 11.9 Å². The third-order valence-electron chi connectivity index (χ3n) is 4.78. The average molecular weight is 368 g/mol. The van der Waals surface area contributed by atoms with Gasteiger partial charge in [-0.05, 0) is 48.1 Å². The highest BCUT2D eigenvalue weighted by Gasteiger charge is 2.41. The molecule has 1 saturated carbocycles. The molecule has 1 fully saturated rings. The van der Waals surface area contributed by atoms with E-state index >= 15 is 0 Å². The van der Waals surface area contributed by atoms with Gasteiger partial charge in [-0.15, -0.1) is 0 Å². The lowest BCUT2D eigenvalue weighted by Crippen LogP contribution is -2.30. The molecule has 0 unspecified atom stereocenters. The highest BCUT2D eigenvalue weighted by Crippen LogP contribution is 2.47. The molecular weight excluding hydrogens is 350 g/mol. The van der Waals surface area contributed by atoms with Crippen molar-refractivity contribution in [2.45, 2.75) is 19.4 Å². The lowest BCUT2D eigenvalue weighted by Gasteiger charge is -2.19. The molecule has 26 heavy (non-hydrogen) atoms. The summed E-state index contributed by atoms with van der Waals surface area (Å²) in [5.74, 6) is 1.53. The minimum atomic E-state index is -0.137. The zero-order chi connectivity index (χ0) is 18.1. The number of hydrogen-bond donors (Lipinski definition) is 1. The van der Waals surface area contributed by atoms with Crippen LogP contribution in [0.3, 0.4) is 0 Å². The second-order valence-corrected chi connectivity index (χ2v) is 7.06. The van der Waals surface area contributed by atoms with Crippen LogP contribution >= 0.6 is 11.6 Å². The van der Waals surface area contributed by atoms with Crippen molar-refractivity contribution in [2.24, 2.45) is 11.8 Å². The number of nitrogens with one attached hydrogen (secondary N) is 1. The molecule has 6 nitrogen and oxygen atoms in total. The second kappa shape index (κ2) is 6.88. The molecule has 3 atom stereocenters. The molecule has 0 aliphatic heterocycles. The number of amides is 1. The molecule has 1 aliphatic rings. The third kappa shape index (κ3) is 3.46. The van der Waals surface area contributed by atoms with Gasteiger partial charge in [-0.25, -0.2) is 14.6 Å². The first kappa shape index (κ1) is 16.7. The van der Waals surface area contributed by atoms with Crippen LogP contribution in [0.2, 0.25) is 5.02 Å². The van der Waals surface area contributed by atoms with Gasteiger partial charge in [0.15, 0.2) is 5.82 Å². The van der Waals surface area contributed by atoms with E-state index in [1.165, 1.54) is 6.33 Å². The maximum absolute atomic E-state index is 12.7. The second-order valence-electron chi connectivity index (χ2n) is 6.62. The monoisotopic (exact) mass is 367 g/mol. The lowest BCUT2D eigenvalue weighted by molar-refractivity contribution is 0.0930. The van der Waals surface area contributed by atoms with E-state index in [2.05, 4.69) is 27.3 Å². The summed E-state index contributed by atoms with van der Waals surface area (Å²) in [7, 11) is 0. The molecule has 132 valence electrons. The van der Waals surface area contributed by atoms with Crippen LogP contribution in [0.5, 0.6) is 0 Å². The first-order valence-electron chi connectivity index (χ1n) is 8.49. The standard InChI is InChI=1S/C19H18ClN5O/c1-12-8-16(12)18(13-2-5-15(20)6-3-13)24-19(26)14-4-7-17(22-9-14)25-11-21-10-23-25/h2-7,9-12,16,18H,8H2,1H3,(H,24,26)/t12-,16-,18-/m1/s1. The molecular formula is C19H18ClN5O. The number of aromatic nitrogens is 4. The summed E-state index contributed by atoms with van der Waals surface area (Å²) in [5, 5.41) is 7.88. The first-order valence-corrected chi connectivity index (χ1v) is 8.87. The number of pyridine rings is 1. The smallest absolute Gasteiger partial charge is 0.253 e. The Balaban J connectivity index is 1.52. The molecule has 0 radical (unpaired) electrons. The molecule has 1 aromatic carbocycles. The Bertz CT molecular complexity index is 893. The van der Waals surface area contributed by atoms with E-state index in [9.17, 15) is 4.79 Å². The Kier molecular flexibility index (Phi) is 4.42. The van der Waals surface area contributed by atoms with Crippen LogP contribution in [0, 0.1) is 11.8 Å². The van der Waals surface area contributed by atoms with Crippen molar-refractivity contribution in [3.8, 4) is 5.82 Å². The van der Waals surface area contributed by atoms with E-state index in [4.69, 9.17) is 11.6 Å². The van der Waals surface area contributed by atoms with Crippen LogP contribution in [-0.2, 0) is 0 Å². The average Bonchev–Trinajstić information content (AvgIpc) is 3.14. The fraction of sp³-hybridized carbons (Fsp3) is 0.263. The van der Waals surface area contributed by atoms with Crippen LogP contribution in [0.15, 0.2) is 55.2 Å². The molecule has 7 heteroatoms. The summed E-state index contributed by atoms with van der Waals surface area (Å²) in [4.78, 5) is 20.9. The fourth-order valence-electron chi connectivity index (χ4n) is 3.13. The Morgan fingerprint density at radius 1 is 1.27 bits per heavy atom. The summed E-state index contributed by atoms with van der Waals surface area (Å²) in [5.41, 5.74) is 1.59. The zero-order valence-corrected chi connectivity index (χ0v) is 15.0. The summed E-state index contributed by atoms with van der Waals surface area (Å²) in [6.07, 6.45) is 5.67. The topological polar surface area (TPSA) is 72.7 Å². The van der Waals surface area contributed by atoms with Gasteiger partial charge in [0.1, 0.15) is 12.7 Å². The van der Waals surface area contributed by atoms with Crippen LogP contribution in [0.4, 0.5) is 0 Å². The van der Waals surface area contributed by atoms with Gasteiger partial charge in [0.2, 0.25) is 0 Å². The fourth-order valence-corrected chi connectivity index (χ4v) is 3.26. The zero-order valence-electron chi connectivity index (χ0n) is 14.2. The highest BCUT2D eigenvalue weighted by molar-refractivity contribution is 6.30. The largest absolute Gasteiger partial charge is 0.345 e. The Morgan fingerprint density at radius 3 is 2.62 bits per heavy atom. The van der Waals surface area contributed by atoms with Crippen molar-refractivity contribution in [3.63, 3.8) is 0 Å². The number of nitrogens with zero attached hydrogens (tertiary/aromatic N) is 4. The Hall–Kier alpha value is -2.73. The maximum atomic E-state index is 12.7. The molecule has 0 saturated heterocycles. The maximum Gasteiger partial charge on any atom is 0.253 e. The molecule has 1 amide bonds. The van der Waals surface area contributed by atoms with Gasteiger partial charge >= 0.3 is 0 Å². The molecule has 2 heterocycles. The highest BCUT2D eigenvalue weighted by atomic mass is 35.5. The van der Waals surface area contributed by atoms with Crippen LogP contribution < -0.4 is 5.32 Å². The first-order chi connectivity index (χ1) is 12.6. The predicted octanol–water partition coefficient (Wildman–Crippen LogP) is 3.44. The third-order valence-corrected chi connectivity index (χ3v) is 5.03. The van der Waals surface area contributed by atoms with Gasteiger partial charge in [-0.2, -0.15) is 5.10 Å². The number of carbonyl (C=O) groups is 1. The Morgan fingerprint density at radius 2 is 2.04 bits per heavy atom. The van der Waals surface area contributed by atoms with Crippen molar-refractivity contribution in [1.29, 1.82) is 0 Å². The van der Waals surface area contributed by atoms with Gasteiger partial charge in [-0.3, -0.25) is 4.79 Å². The molecule has 0 spiro atoms. The minimum absolute atomic E-state index is 0.0234. The quantitative estimate of drug-likeness (QED) is 0.749. The summed E-state index contributed by atoms with van der Waals surface area (Å²) in [6, 6.07) is 11.1. The molecule has 1 aliphatic carbocycles. The molecule has 4 rings (SSSR count). The number of halogens is 1. The summed E-state index contributed by atoms with van der Waals surface area (Å²) >= 11 is 5.99. The molecule has 0 bridgehead atoms. The van der Waals surface area contributed by atoms with Gasteiger partial charge in [-0.1, -0.05) is 30.7 Å². The van der Waals surface area contributed by atoms with Crippen molar-refractivity contribution < 1.29 is 4.79 Å². The molecule has 3 aromatic rings. The van der Waals surface area contributed by atoms with Crippen LogP contribution in [0.1, 0.15) is 35.3 Å². The van der Waals surface area contributed by atoms with Gasteiger partial charge in [0.05, 0.1) is 11.6 Å². The normalized spacial score (nSPS) is 19.8. The number of carbonyl (C=O) groups excluding carboxylic acids is 1. The molecule has 2 aromatic heterocycles. The van der Waals surface area contributed by atoms with Crippen LogP contribution in [0.25, 0.3) is 5.82 Å². The van der Waals surface area contributed by atoms with E-state index in [0.29, 0.717) is 28.2 Å². The summed E-state index contributed by atoms with van der Waals surface area (Å²) in [6.45, 7) is 2.20. The van der Waals surface area contributed by atoms with E-state index in [0.717, 1.165) is 12.0 Å². The van der Waals surface area contributed by atoms with Crippen molar-refractivity contribution in [2.75, 3.05) is 0 Å². The van der Waals surface area contributed by atoms with Crippen molar-refractivity contribution in [1.82, 2.24) is 25.1 Å². The van der Waals surface area contributed by atoms with Gasteiger partial charge in [0, 0.05) is 11.2 Å².